The number of hydrogen-bond acceptors (Lipinski definition) is 6. The van der Waals surface area contributed by atoms with Crippen LogP contribution in [0.3, 0.4) is 0 Å². The predicted molar refractivity (Wildman–Crippen MR) is 109 cm³/mol. The van der Waals surface area contributed by atoms with Crippen LogP contribution >= 0.6 is 0 Å². The van der Waals surface area contributed by atoms with Crippen LogP contribution in [0.2, 0.25) is 0 Å². The molecule has 3 heterocycles. The molecule has 28 heavy (non-hydrogen) atoms. The minimum Gasteiger partial charge on any atom is -0.378 e. The second kappa shape index (κ2) is 8.56. The van der Waals surface area contributed by atoms with E-state index in [1.54, 1.807) is 11.1 Å². The molecule has 1 N–H and O–H groups in total. The number of nitrogens with one attached hydrogen (secondary N) is 1. The molecule has 0 aliphatic carbocycles. The zero-order valence-electron chi connectivity index (χ0n) is 16.3. The normalized spacial score (nSPS) is 18.2. The number of nitrogens with zero attached hydrogens (tertiary/aromatic N) is 4. The van der Waals surface area contributed by atoms with Crippen molar-refractivity contribution in [3.63, 3.8) is 0 Å². The van der Waals surface area contributed by atoms with Crippen LogP contribution in [0.15, 0.2) is 36.7 Å². The molecule has 2 fully saturated rings. The summed E-state index contributed by atoms with van der Waals surface area (Å²) in [5.41, 5.74) is 2.58. The molecule has 0 radical (unpaired) electrons. The fourth-order valence-corrected chi connectivity index (χ4v) is 3.60. The van der Waals surface area contributed by atoms with Crippen LogP contribution in [-0.2, 0) is 4.74 Å². The maximum Gasteiger partial charge on any atom is 0.274 e. The van der Waals surface area contributed by atoms with E-state index in [1.165, 1.54) is 24.7 Å². The fourth-order valence-electron chi connectivity index (χ4n) is 3.60. The van der Waals surface area contributed by atoms with Gasteiger partial charge in [-0.25, -0.2) is 9.97 Å². The van der Waals surface area contributed by atoms with Gasteiger partial charge in [-0.15, -0.1) is 0 Å². The van der Waals surface area contributed by atoms with Gasteiger partial charge in [0.1, 0.15) is 11.5 Å². The minimum absolute atomic E-state index is 0.0949. The number of rotatable bonds is 4. The first-order valence-electron chi connectivity index (χ1n) is 10.00. The van der Waals surface area contributed by atoms with E-state index in [9.17, 15) is 4.79 Å². The Morgan fingerprint density at radius 2 is 1.75 bits per heavy atom. The van der Waals surface area contributed by atoms with E-state index in [2.05, 4.69) is 51.4 Å². The molecule has 0 spiro atoms. The Kier molecular flexibility index (Phi) is 5.71. The molecule has 1 aromatic heterocycles. The van der Waals surface area contributed by atoms with Gasteiger partial charge in [0.05, 0.1) is 25.6 Å². The smallest absolute Gasteiger partial charge is 0.274 e. The summed E-state index contributed by atoms with van der Waals surface area (Å²) in [5.74, 6) is 1.36. The number of amides is 1. The van der Waals surface area contributed by atoms with Crippen molar-refractivity contribution in [1.29, 1.82) is 0 Å². The Bertz CT molecular complexity index is 779. The molecule has 2 saturated heterocycles. The summed E-state index contributed by atoms with van der Waals surface area (Å²) in [4.78, 5) is 25.2. The Balaban J connectivity index is 1.35. The molecule has 1 aromatic carbocycles. The molecule has 2 aromatic rings. The molecule has 2 aliphatic rings. The molecule has 148 valence electrons. The van der Waals surface area contributed by atoms with Crippen molar-refractivity contribution >= 4 is 23.1 Å². The van der Waals surface area contributed by atoms with Gasteiger partial charge in [0.2, 0.25) is 0 Å². The number of carbonyl (C=O) groups excluding carboxylic acids is 1. The lowest BCUT2D eigenvalue weighted by Gasteiger charge is -2.32. The van der Waals surface area contributed by atoms with Crippen molar-refractivity contribution in [2.45, 2.75) is 19.8 Å². The van der Waals surface area contributed by atoms with E-state index in [-0.39, 0.29) is 5.91 Å². The highest BCUT2D eigenvalue weighted by molar-refractivity contribution is 5.92. The fraction of sp³-hybridized carbons (Fsp3) is 0.476. The van der Waals surface area contributed by atoms with Gasteiger partial charge in [-0.3, -0.25) is 4.79 Å². The van der Waals surface area contributed by atoms with Gasteiger partial charge in [0, 0.05) is 37.6 Å². The highest BCUT2D eigenvalue weighted by Crippen LogP contribution is 2.25. The van der Waals surface area contributed by atoms with Crippen molar-refractivity contribution < 1.29 is 9.53 Å². The largest absolute Gasteiger partial charge is 0.378 e. The van der Waals surface area contributed by atoms with Crippen molar-refractivity contribution in [2.75, 3.05) is 49.6 Å². The standard InChI is InChI=1S/C21H27N5O2/c1-16-6-8-25(9-7-16)18-4-2-17(3-5-18)24-20-15-22-19(14-23-20)21(27)26-10-12-28-13-11-26/h2-5,14-16H,6-13H2,1H3,(H,23,24). The average Bonchev–Trinajstić information content (AvgIpc) is 2.76. The van der Waals surface area contributed by atoms with E-state index < -0.39 is 0 Å². The third kappa shape index (κ3) is 4.42. The summed E-state index contributed by atoms with van der Waals surface area (Å²) < 4.78 is 5.28. The molecule has 1 amide bonds. The summed E-state index contributed by atoms with van der Waals surface area (Å²) in [5, 5.41) is 3.25. The van der Waals surface area contributed by atoms with Gasteiger partial charge in [0.15, 0.2) is 0 Å². The van der Waals surface area contributed by atoms with Gasteiger partial charge in [-0.1, -0.05) is 6.92 Å². The zero-order chi connectivity index (χ0) is 19.3. The first-order valence-corrected chi connectivity index (χ1v) is 10.00. The quantitative estimate of drug-likeness (QED) is 0.878. The molecule has 0 bridgehead atoms. The molecule has 7 heteroatoms. The second-order valence-electron chi connectivity index (χ2n) is 7.53. The van der Waals surface area contributed by atoms with Crippen LogP contribution in [0.1, 0.15) is 30.3 Å². The Morgan fingerprint density at radius 3 is 2.39 bits per heavy atom. The Hall–Kier alpha value is -2.67. The molecule has 4 rings (SSSR count). The molecule has 0 atom stereocenters. The van der Waals surface area contributed by atoms with Crippen LogP contribution in [0.4, 0.5) is 17.2 Å². The van der Waals surface area contributed by atoms with Crippen molar-refractivity contribution in [2.24, 2.45) is 5.92 Å². The number of aromatic nitrogens is 2. The first kappa shape index (κ1) is 18.7. The molecule has 0 unspecified atom stereocenters. The summed E-state index contributed by atoms with van der Waals surface area (Å²) in [6.07, 6.45) is 5.65. The molecular weight excluding hydrogens is 354 g/mol. The SMILES string of the molecule is CC1CCN(c2ccc(Nc3cnc(C(=O)N4CCOCC4)cn3)cc2)CC1. The van der Waals surface area contributed by atoms with Crippen LogP contribution in [0.25, 0.3) is 0 Å². The maximum atomic E-state index is 12.4. The topological polar surface area (TPSA) is 70.6 Å². The van der Waals surface area contributed by atoms with Gasteiger partial charge in [-0.2, -0.15) is 0 Å². The van der Waals surface area contributed by atoms with Gasteiger partial charge >= 0.3 is 0 Å². The van der Waals surface area contributed by atoms with Crippen LogP contribution < -0.4 is 10.2 Å². The zero-order valence-corrected chi connectivity index (χ0v) is 16.3. The number of ether oxygens (including phenoxy) is 1. The number of piperidine rings is 1. The Labute approximate surface area is 165 Å². The van der Waals surface area contributed by atoms with E-state index in [0.717, 1.165) is 24.7 Å². The Morgan fingerprint density at radius 1 is 1.04 bits per heavy atom. The summed E-state index contributed by atoms with van der Waals surface area (Å²) >= 11 is 0. The third-order valence-corrected chi connectivity index (χ3v) is 5.46. The van der Waals surface area contributed by atoms with Crippen LogP contribution in [0.5, 0.6) is 0 Å². The number of morpholine rings is 1. The first-order chi connectivity index (χ1) is 13.7. The monoisotopic (exact) mass is 381 g/mol. The van der Waals surface area contributed by atoms with Gasteiger partial charge in [-0.05, 0) is 43.0 Å². The lowest BCUT2D eigenvalue weighted by molar-refractivity contribution is 0.0298. The summed E-state index contributed by atoms with van der Waals surface area (Å²) in [7, 11) is 0. The number of carbonyl (C=O) groups is 1. The van der Waals surface area contributed by atoms with E-state index >= 15 is 0 Å². The molecule has 0 saturated carbocycles. The summed E-state index contributed by atoms with van der Waals surface area (Å²) in [6.45, 7) is 6.92. The van der Waals surface area contributed by atoms with Crippen molar-refractivity contribution in [1.82, 2.24) is 14.9 Å². The molecule has 7 nitrogen and oxygen atoms in total. The number of hydrogen-bond donors (Lipinski definition) is 1. The molecule has 2 aliphatic heterocycles. The van der Waals surface area contributed by atoms with Crippen molar-refractivity contribution in [3.05, 3.63) is 42.4 Å². The highest BCUT2D eigenvalue weighted by Gasteiger charge is 2.20. The van der Waals surface area contributed by atoms with E-state index in [1.807, 2.05) is 0 Å². The average molecular weight is 381 g/mol. The maximum absolute atomic E-state index is 12.4. The third-order valence-electron chi connectivity index (χ3n) is 5.46. The highest BCUT2D eigenvalue weighted by atomic mass is 16.5. The van der Waals surface area contributed by atoms with E-state index in [4.69, 9.17) is 4.74 Å². The van der Waals surface area contributed by atoms with Crippen molar-refractivity contribution in [3.8, 4) is 0 Å². The van der Waals surface area contributed by atoms with E-state index in [0.29, 0.717) is 37.8 Å². The number of anilines is 3. The summed E-state index contributed by atoms with van der Waals surface area (Å²) in [6, 6.07) is 8.40. The molecular formula is C21H27N5O2. The van der Waals surface area contributed by atoms with Gasteiger partial charge < -0.3 is 19.9 Å². The lowest BCUT2D eigenvalue weighted by Crippen LogP contribution is -2.41. The lowest BCUT2D eigenvalue weighted by atomic mass is 9.99. The van der Waals surface area contributed by atoms with Crippen LogP contribution in [0, 0.1) is 5.92 Å². The predicted octanol–water partition coefficient (Wildman–Crippen LogP) is 2.93. The van der Waals surface area contributed by atoms with Crippen LogP contribution in [-0.4, -0.2) is 60.2 Å². The minimum atomic E-state index is -0.0949. The van der Waals surface area contributed by atoms with Gasteiger partial charge in [0.25, 0.3) is 5.91 Å². The number of benzene rings is 1. The second-order valence-corrected chi connectivity index (χ2v) is 7.53.